The first-order valence-electron chi connectivity index (χ1n) is 16.8. The Kier molecular flexibility index (Phi) is 11.8. The van der Waals surface area contributed by atoms with Crippen LogP contribution in [0, 0.1) is 0 Å². The largest absolute Gasteiger partial charge is 0.494 e. The molecule has 1 saturated carbocycles. The molecule has 5 rings (SSSR count). The average molecular weight is 742 g/mol. The molecule has 0 unspecified atom stereocenters. The van der Waals surface area contributed by atoms with Gasteiger partial charge in [-0.3, -0.25) is 4.79 Å². The number of sulfonamides is 1. The second-order valence-corrected chi connectivity index (χ2v) is 14.5. The Bertz CT molecular complexity index is 1810. The summed E-state index contributed by atoms with van der Waals surface area (Å²) < 4.78 is 114. The maximum absolute atomic E-state index is 16.9. The molecule has 2 aliphatic rings. The van der Waals surface area contributed by atoms with Crippen LogP contribution in [0.3, 0.4) is 0 Å². The number of amides is 1. The molecule has 51 heavy (non-hydrogen) atoms. The van der Waals surface area contributed by atoms with Crippen molar-refractivity contribution in [1.29, 1.82) is 0 Å². The van der Waals surface area contributed by atoms with Gasteiger partial charge in [0.1, 0.15) is 11.5 Å². The zero-order valence-corrected chi connectivity index (χ0v) is 28.7. The van der Waals surface area contributed by atoms with E-state index in [-0.39, 0.29) is 49.8 Å². The molecule has 0 radical (unpaired) electrons. The molecule has 2 N–H and O–H groups in total. The van der Waals surface area contributed by atoms with Gasteiger partial charge in [0.15, 0.2) is 0 Å². The standard InChI is InChI=1S/C35H40F5N3O7S/c1-2-3-19-48-28-10-6-7-25(22-28)34(36,37)31(32(44)42-17-15-26(41)16-18-42)43(50-33(45)35(38,39)40)51(46,47)30-14-12-23-20-29(13-11-24(23)21-30)49-27-8-4-5-9-27/h6-7,10-14,20-22,26-27,31H,2-5,8-9,15-19,41H2,1H3/t31-/m1/s1. The molecular weight excluding hydrogens is 701 g/mol. The van der Waals surface area contributed by atoms with Crippen molar-refractivity contribution in [3.8, 4) is 11.5 Å². The van der Waals surface area contributed by atoms with E-state index in [1.807, 2.05) is 6.92 Å². The lowest BCUT2D eigenvalue weighted by atomic mass is 9.98. The lowest BCUT2D eigenvalue weighted by molar-refractivity contribution is -0.239. The summed E-state index contributed by atoms with van der Waals surface area (Å²) in [4.78, 5) is 30.7. The van der Waals surface area contributed by atoms with Gasteiger partial charge in [0.2, 0.25) is 6.04 Å². The van der Waals surface area contributed by atoms with Gasteiger partial charge in [-0.25, -0.2) is 13.2 Å². The van der Waals surface area contributed by atoms with Crippen molar-refractivity contribution in [3.05, 3.63) is 66.2 Å². The number of nitrogens with zero attached hydrogens (tertiary/aromatic N) is 2. The zero-order chi connectivity index (χ0) is 37.0. The molecule has 1 aliphatic carbocycles. The molecule has 1 atom stereocenters. The van der Waals surface area contributed by atoms with Crippen LogP contribution >= 0.6 is 0 Å². The number of nitrogens with two attached hydrogens (primary N) is 1. The van der Waals surface area contributed by atoms with Crippen molar-refractivity contribution in [2.24, 2.45) is 5.73 Å². The van der Waals surface area contributed by atoms with Crippen LogP contribution < -0.4 is 15.2 Å². The number of fused-ring (bicyclic) bond motifs is 1. The molecule has 1 saturated heterocycles. The fraction of sp³-hybridized carbons (Fsp3) is 0.486. The molecule has 3 aromatic rings. The number of piperidine rings is 1. The van der Waals surface area contributed by atoms with Gasteiger partial charge in [0.05, 0.1) is 17.6 Å². The SMILES string of the molecule is CCCCOc1cccc(C(F)(F)[C@@H](C(=O)N2CCC(N)CC2)N(OC(=O)C(F)(F)F)S(=O)(=O)c2ccc3cc(OC4CCCC4)ccc3c2)c1. The Morgan fingerprint density at radius 2 is 1.59 bits per heavy atom. The van der Waals surface area contributed by atoms with Gasteiger partial charge >= 0.3 is 18.1 Å². The molecular formula is C35H40F5N3O7S. The third-order valence-corrected chi connectivity index (χ3v) is 10.6. The van der Waals surface area contributed by atoms with E-state index in [2.05, 4.69) is 4.84 Å². The Hall–Kier alpha value is -4.02. The fourth-order valence-corrected chi connectivity index (χ4v) is 7.46. The Balaban J connectivity index is 1.60. The van der Waals surface area contributed by atoms with Crippen molar-refractivity contribution >= 4 is 32.7 Å². The second-order valence-electron chi connectivity index (χ2n) is 12.8. The molecule has 278 valence electrons. The van der Waals surface area contributed by atoms with Gasteiger partial charge in [-0.2, -0.15) is 22.0 Å². The third-order valence-electron chi connectivity index (χ3n) is 8.95. The van der Waals surface area contributed by atoms with Gasteiger partial charge in [-0.15, -0.1) is 0 Å². The van der Waals surface area contributed by atoms with E-state index < -0.39 is 61.0 Å². The van der Waals surface area contributed by atoms with Gasteiger partial charge in [-0.1, -0.05) is 37.6 Å². The van der Waals surface area contributed by atoms with Crippen LogP contribution in [0.25, 0.3) is 10.8 Å². The number of hydrogen-bond donors (Lipinski definition) is 1. The van der Waals surface area contributed by atoms with Gasteiger partial charge in [0.25, 0.3) is 15.9 Å². The lowest BCUT2D eigenvalue weighted by Crippen LogP contribution is -2.60. The van der Waals surface area contributed by atoms with Crippen LogP contribution in [0.1, 0.15) is 63.9 Å². The number of benzene rings is 3. The molecule has 10 nitrogen and oxygen atoms in total. The third kappa shape index (κ3) is 8.90. The molecule has 0 spiro atoms. The Morgan fingerprint density at radius 1 is 0.922 bits per heavy atom. The fourth-order valence-electron chi connectivity index (χ4n) is 6.07. The number of ether oxygens (including phenoxy) is 2. The van der Waals surface area contributed by atoms with Crippen LogP contribution in [-0.2, 0) is 30.4 Å². The van der Waals surface area contributed by atoms with E-state index in [1.54, 1.807) is 12.1 Å². The molecule has 1 heterocycles. The van der Waals surface area contributed by atoms with Crippen molar-refractivity contribution in [3.63, 3.8) is 0 Å². The molecule has 0 bridgehead atoms. The predicted octanol–water partition coefficient (Wildman–Crippen LogP) is 6.46. The van der Waals surface area contributed by atoms with Crippen LogP contribution in [-0.4, -0.2) is 73.7 Å². The highest BCUT2D eigenvalue weighted by atomic mass is 32.2. The molecule has 1 aliphatic heterocycles. The lowest BCUT2D eigenvalue weighted by Gasteiger charge is -2.38. The first kappa shape index (κ1) is 38.2. The highest BCUT2D eigenvalue weighted by Gasteiger charge is 2.58. The summed E-state index contributed by atoms with van der Waals surface area (Å²) in [7, 11) is -5.61. The summed E-state index contributed by atoms with van der Waals surface area (Å²) in [5.74, 6) is -8.81. The number of hydroxylamine groups is 1. The predicted molar refractivity (Wildman–Crippen MR) is 176 cm³/mol. The number of alkyl halides is 5. The van der Waals surface area contributed by atoms with Crippen molar-refractivity contribution in [2.75, 3.05) is 19.7 Å². The smallest absolute Gasteiger partial charge is 0.492 e. The van der Waals surface area contributed by atoms with E-state index in [9.17, 15) is 31.2 Å². The zero-order valence-electron chi connectivity index (χ0n) is 27.9. The maximum atomic E-state index is 16.9. The minimum atomic E-state index is -5.82. The van der Waals surface area contributed by atoms with Gasteiger partial charge in [0, 0.05) is 24.7 Å². The van der Waals surface area contributed by atoms with Gasteiger partial charge < -0.3 is 24.9 Å². The maximum Gasteiger partial charge on any atom is 0.492 e. The van der Waals surface area contributed by atoms with Crippen molar-refractivity contribution < 1.29 is 54.3 Å². The molecule has 16 heteroatoms. The highest BCUT2D eigenvalue weighted by Crippen LogP contribution is 2.41. The molecule has 2 fully saturated rings. The highest BCUT2D eigenvalue weighted by molar-refractivity contribution is 7.89. The van der Waals surface area contributed by atoms with Crippen LogP contribution in [0.4, 0.5) is 22.0 Å². The topological polar surface area (TPSA) is 128 Å². The summed E-state index contributed by atoms with van der Waals surface area (Å²) in [6.07, 6.45) is -0.364. The summed E-state index contributed by atoms with van der Waals surface area (Å²) >= 11 is 0. The summed E-state index contributed by atoms with van der Waals surface area (Å²) in [5, 5.41) is 0.735. The number of hydrogen-bond acceptors (Lipinski definition) is 8. The summed E-state index contributed by atoms with van der Waals surface area (Å²) in [5.41, 5.74) is 4.96. The minimum Gasteiger partial charge on any atom is -0.494 e. The first-order valence-corrected chi connectivity index (χ1v) is 18.2. The second kappa shape index (κ2) is 15.7. The average Bonchev–Trinajstić information content (AvgIpc) is 3.60. The summed E-state index contributed by atoms with van der Waals surface area (Å²) in [6.45, 7) is 1.64. The van der Waals surface area contributed by atoms with E-state index in [0.717, 1.165) is 61.3 Å². The van der Waals surface area contributed by atoms with Gasteiger partial charge in [-0.05, 0) is 96.6 Å². The van der Waals surface area contributed by atoms with E-state index in [4.69, 9.17) is 15.2 Å². The molecule has 0 aromatic heterocycles. The van der Waals surface area contributed by atoms with Crippen molar-refractivity contribution in [2.45, 2.75) is 93.5 Å². The number of carbonyl (C=O) groups excluding carboxylic acids is 2. The number of rotatable bonds is 13. The molecule has 1 amide bonds. The van der Waals surface area contributed by atoms with Crippen LogP contribution in [0.5, 0.6) is 11.5 Å². The minimum absolute atomic E-state index is 0.0226. The van der Waals surface area contributed by atoms with Crippen molar-refractivity contribution in [1.82, 2.24) is 9.37 Å². The normalized spacial score (nSPS) is 17.1. The molecule has 3 aromatic carbocycles. The first-order chi connectivity index (χ1) is 24.1. The number of unbranched alkanes of at least 4 members (excludes halogenated alkanes) is 1. The quantitative estimate of drug-likeness (QED) is 0.120. The van der Waals surface area contributed by atoms with E-state index in [0.29, 0.717) is 17.6 Å². The number of likely N-dealkylation sites (tertiary alicyclic amines) is 1. The Labute approximate surface area is 292 Å². The van der Waals surface area contributed by atoms with Crippen LogP contribution in [0.2, 0.25) is 0 Å². The van der Waals surface area contributed by atoms with Crippen LogP contribution in [0.15, 0.2) is 65.6 Å². The summed E-state index contributed by atoms with van der Waals surface area (Å²) in [6, 6.07) is 8.59. The monoisotopic (exact) mass is 741 g/mol. The Morgan fingerprint density at radius 3 is 2.25 bits per heavy atom. The van der Waals surface area contributed by atoms with E-state index in [1.165, 1.54) is 24.3 Å². The number of halogens is 5. The number of carbonyl (C=O) groups is 2. The van der Waals surface area contributed by atoms with E-state index >= 15 is 8.78 Å².